The van der Waals surface area contributed by atoms with Crippen molar-refractivity contribution in [1.82, 2.24) is 0 Å². The molecule has 0 heterocycles. The Balaban J connectivity index is 3.39. The van der Waals surface area contributed by atoms with E-state index in [9.17, 15) is 10.2 Å². The highest BCUT2D eigenvalue weighted by Crippen LogP contribution is 2.10. The van der Waals surface area contributed by atoms with Gasteiger partial charge in [-0.3, -0.25) is 0 Å². The van der Waals surface area contributed by atoms with E-state index in [1.54, 1.807) is 0 Å². The first kappa shape index (κ1) is 11.9. The molecule has 0 saturated carbocycles. The summed E-state index contributed by atoms with van der Waals surface area (Å²) >= 11 is 0. The average Bonchev–Trinajstić information content (AvgIpc) is 2.10. The molecule has 0 aliphatic carbocycles. The summed E-state index contributed by atoms with van der Waals surface area (Å²) in [5.41, 5.74) is 0. The molecule has 2 nitrogen and oxygen atoms in total. The topological polar surface area (TPSA) is 40.5 Å². The lowest BCUT2D eigenvalue weighted by atomic mass is 10.0. The van der Waals surface area contributed by atoms with Gasteiger partial charge in [0.25, 0.3) is 0 Å². The van der Waals surface area contributed by atoms with E-state index in [0.717, 1.165) is 38.5 Å². The maximum Gasteiger partial charge on any atom is 0.0799 e. The number of aliphatic hydroxyl groups excluding tert-OH is 2. The van der Waals surface area contributed by atoms with Gasteiger partial charge in [-0.1, -0.05) is 39.5 Å². The minimum Gasteiger partial charge on any atom is -0.390 e. The number of hydrogen-bond acceptors (Lipinski definition) is 2. The van der Waals surface area contributed by atoms with Crippen molar-refractivity contribution in [2.75, 3.05) is 0 Å². The van der Waals surface area contributed by atoms with Crippen LogP contribution in [0.25, 0.3) is 0 Å². The first-order valence-corrected chi connectivity index (χ1v) is 5.08. The van der Waals surface area contributed by atoms with Crippen LogP contribution >= 0.6 is 0 Å². The largest absolute Gasteiger partial charge is 0.390 e. The predicted molar refractivity (Wildman–Crippen MR) is 51.1 cm³/mol. The summed E-state index contributed by atoms with van der Waals surface area (Å²) in [7, 11) is 0. The summed E-state index contributed by atoms with van der Waals surface area (Å²) in [5, 5.41) is 18.9. The van der Waals surface area contributed by atoms with E-state index in [2.05, 4.69) is 13.8 Å². The summed E-state index contributed by atoms with van der Waals surface area (Å²) in [5.74, 6) is 0. The molecule has 2 atom stereocenters. The summed E-state index contributed by atoms with van der Waals surface area (Å²) < 4.78 is 0. The normalized spacial score (nSPS) is 16.0. The summed E-state index contributed by atoms with van der Waals surface area (Å²) in [6.07, 6.45) is 4.64. The molecule has 0 fully saturated rings. The molecular formula is C10H22O2. The predicted octanol–water partition coefficient (Wildman–Crippen LogP) is 2.09. The molecule has 0 radical (unpaired) electrons. The van der Waals surface area contributed by atoms with Crippen molar-refractivity contribution >= 4 is 0 Å². The Morgan fingerprint density at radius 1 is 0.833 bits per heavy atom. The van der Waals surface area contributed by atoms with Crippen LogP contribution in [-0.4, -0.2) is 22.4 Å². The third-order valence-corrected chi connectivity index (χ3v) is 2.15. The van der Waals surface area contributed by atoms with Gasteiger partial charge in [0.15, 0.2) is 0 Å². The SMILES string of the molecule is CCCCC(O)[C@H](O)CCCC. The van der Waals surface area contributed by atoms with Gasteiger partial charge in [0.2, 0.25) is 0 Å². The molecule has 0 rings (SSSR count). The zero-order chi connectivity index (χ0) is 9.40. The highest BCUT2D eigenvalue weighted by molar-refractivity contribution is 4.66. The van der Waals surface area contributed by atoms with Gasteiger partial charge in [0, 0.05) is 0 Å². The third kappa shape index (κ3) is 5.56. The second-order valence-electron chi connectivity index (χ2n) is 3.42. The maximum atomic E-state index is 9.43. The van der Waals surface area contributed by atoms with Crippen LogP contribution in [0.15, 0.2) is 0 Å². The number of rotatable bonds is 7. The molecule has 0 aromatic carbocycles. The Bertz CT molecular complexity index is 81.8. The molecule has 0 bridgehead atoms. The van der Waals surface area contributed by atoms with Crippen molar-refractivity contribution in [3.8, 4) is 0 Å². The number of hydrogen-bond donors (Lipinski definition) is 2. The van der Waals surface area contributed by atoms with Crippen LogP contribution in [0.5, 0.6) is 0 Å². The summed E-state index contributed by atoms with van der Waals surface area (Å²) in [6, 6.07) is 0. The fourth-order valence-electron chi connectivity index (χ4n) is 1.21. The molecule has 2 N–H and O–H groups in total. The van der Waals surface area contributed by atoms with Crippen LogP contribution in [0.1, 0.15) is 52.4 Å². The first-order valence-electron chi connectivity index (χ1n) is 5.08. The third-order valence-electron chi connectivity index (χ3n) is 2.15. The molecule has 2 heteroatoms. The van der Waals surface area contributed by atoms with Gasteiger partial charge in [-0.25, -0.2) is 0 Å². The Kier molecular flexibility index (Phi) is 7.51. The summed E-state index contributed by atoms with van der Waals surface area (Å²) in [4.78, 5) is 0. The molecular weight excluding hydrogens is 152 g/mol. The van der Waals surface area contributed by atoms with Crippen LogP contribution in [0.2, 0.25) is 0 Å². The second kappa shape index (κ2) is 7.56. The maximum absolute atomic E-state index is 9.43. The van der Waals surface area contributed by atoms with Crippen LogP contribution in [0.3, 0.4) is 0 Å². The van der Waals surface area contributed by atoms with Crippen molar-refractivity contribution in [2.24, 2.45) is 0 Å². The van der Waals surface area contributed by atoms with E-state index in [1.807, 2.05) is 0 Å². The van der Waals surface area contributed by atoms with Gasteiger partial charge in [-0.05, 0) is 12.8 Å². The highest BCUT2D eigenvalue weighted by atomic mass is 16.3. The molecule has 0 amide bonds. The molecule has 0 saturated heterocycles. The molecule has 74 valence electrons. The van der Waals surface area contributed by atoms with Gasteiger partial charge in [0.05, 0.1) is 12.2 Å². The lowest BCUT2D eigenvalue weighted by Gasteiger charge is -2.16. The van der Waals surface area contributed by atoms with E-state index in [0.29, 0.717) is 0 Å². The fourth-order valence-corrected chi connectivity index (χ4v) is 1.21. The van der Waals surface area contributed by atoms with Crippen LogP contribution < -0.4 is 0 Å². The molecule has 0 aliphatic heterocycles. The Morgan fingerprint density at radius 2 is 1.17 bits per heavy atom. The van der Waals surface area contributed by atoms with E-state index in [4.69, 9.17) is 0 Å². The van der Waals surface area contributed by atoms with Crippen molar-refractivity contribution in [2.45, 2.75) is 64.6 Å². The van der Waals surface area contributed by atoms with Crippen molar-refractivity contribution < 1.29 is 10.2 Å². The lowest BCUT2D eigenvalue weighted by molar-refractivity contribution is 0.00764. The molecule has 0 aromatic heterocycles. The minimum absolute atomic E-state index is 0.503. The Hall–Kier alpha value is -0.0800. The highest BCUT2D eigenvalue weighted by Gasteiger charge is 2.14. The van der Waals surface area contributed by atoms with Crippen molar-refractivity contribution in [3.05, 3.63) is 0 Å². The zero-order valence-electron chi connectivity index (χ0n) is 8.29. The Labute approximate surface area is 75.6 Å². The van der Waals surface area contributed by atoms with E-state index in [-0.39, 0.29) is 0 Å². The Morgan fingerprint density at radius 3 is 1.42 bits per heavy atom. The van der Waals surface area contributed by atoms with Gasteiger partial charge in [-0.2, -0.15) is 0 Å². The van der Waals surface area contributed by atoms with Gasteiger partial charge < -0.3 is 10.2 Å². The van der Waals surface area contributed by atoms with Gasteiger partial charge >= 0.3 is 0 Å². The number of aliphatic hydroxyl groups is 2. The van der Waals surface area contributed by atoms with Gasteiger partial charge in [-0.15, -0.1) is 0 Å². The summed E-state index contributed by atoms with van der Waals surface area (Å²) in [6.45, 7) is 4.18. The van der Waals surface area contributed by atoms with Crippen molar-refractivity contribution in [1.29, 1.82) is 0 Å². The lowest BCUT2D eigenvalue weighted by Crippen LogP contribution is -2.25. The number of unbranched alkanes of at least 4 members (excludes halogenated alkanes) is 2. The van der Waals surface area contributed by atoms with E-state index < -0.39 is 12.2 Å². The molecule has 0 spiro atoms. The van der Waals surface area contributed by atoms with Crippen LogP contribution in [-0.2, 0) is 0 Å². The van der Waals surface area contributed by atoms with E-state index in [1.165, 1.54) is 0 Å². The van der Waals surface area contributed by atoms with E-state index >= 15 is 0 Å². The van der Waals surface area contributed by atoms with Crippen LogP contribution in [0.4, 0.5) is 0 Å². The van der Waals surface area contributed by atoms with Crippen LogP contribution in [0, 0.1) is 0 Å². The molecule has 1 unspecified atom stereocenters. The minimum atomic E-state index is -0.503. The monoisotopic (exact) mass is 174 g/mol. The average molecular weight is 174 g/mol. The molecule has 0 aliphatic rings. The first-order chi connectivity index (χ1) is 5.72. The van der Waals surface area contributed by atoms with Crippen molar-refractivity contribution in [3.63, 3.8) is 0 Å². The standard InChI is InChI=1S/C10H22O2/c1-3-5-7-9(11)10(12)8-6-4-2/h9-12H,3-8H2,1-2H3/t9-,10?/m1/s1. The molecule has 0 aromatic rings. The zero-order valence-corrected chi connectivity index (χ0v) is 8.29. The van der Waals surface area contributed by atoms with Gasteiger partial charge in [0.1, 0.15) is 0 Å². The quantitative estimate of drug-likeness (QED) is 0.620. The second-order valence-corrected chi connectivity index (χ2v) is 3.42. The molecule has 12 heavy (non-hydrogen) atoms. The smallest absolute Gasteiger partial charge is 0.0799 e. The fraction of sp³-hybridized carbons (Fsp3) is 1.00.